The number of carbonyl (C=O) groups is 2. The van der Waals surface area contributed by atoms with Crippen molar-refractivity contribution < 1.29 is 14.8 Å². The summed E-state index contributed by atoms with van der Waals surface area (Å²) in [6.45, 7) is 3.55. The van der Waals surface area contributed by atoms with Gasteiger partial charge in [-0.15, -0.1) is 0 Å². The maximum absolute atomic E-state index is 13.3. The molecule has 28 heavy (non-hydrogen) atoms. The topological polar surface area (TPSA) is 76.1 Å². The summed E-state index contributed by atoms with van der Waals surface area (Å²) in [4.78, 5) is 31.7. The molecule has 0 aromatic heterocycles. The zero-order chi connectivity index (χ0) is 19.9. The summed E-state index contributed by atoms with van der Waals surface area (Å²) < 4.78 is 0. The van der Waals surface area contributed by atoms with E-state index in [9.17, 15) is 14.8 Å². The lowest BCUT2D eigenvalue weighted by Gasteiger charge is -2.45. The molecule has 1 spiro atoms. The number of nitrogens with one attached hydrogen (secondary N) is 1. The van der Waals surface area contributed by atoms with E-state index in [4.69, 9.17) is 11.6 Å². The summed E-state index contributed by atoms with van der Waals surface area (Å²) in [5.74, 6) is -0.966. The third kappa shape index (κ3) is 3.71. The minimum absolute atomic E-state index is 0.0117. The number of carbonyl (C=O) groups excluding carboxylic acids is 2. The molecule has 3 aliphatic rings. The molecule has 0 bridgehead atoms. The molecule has 2 amide bonds. The Morgan fingerprint density at radius 1 is 1.14 bits per heavy atom. The lowest BCUT2D eigenvalue weighted by Crippen LogP contribution is -2.61. The molecule has 1 saturated carbocycles. The van der Waals surface area contributed by atoms with E-state index < -0.39 is 17.9 Å². The van der Waals surface area contributed by atoms with Crippen LogP contribution in [0, 0.1) is 11.3 Å². The van der Waals surface area contributed by atoms with Gasteiger partial charge in [-0.25, -0.2) is 5.48 Å². The van der Waals surface area contributed by atoms with Crippen molar-refractivity contribution in [1.29, 1.82) is 0 Å². The summed E-state index contributed by atoms with van der Waals surface area (Å²) in [7, 11) is 1.92. The number of halogens is 1. The Kier molecular flexibility index (Phi) is 5.24. The van der Waals surface area contributed by atoms with Gasteiger partial charge in [-0.2, -0.15) is 0 Å². The molecular weight excluding hydrogens is 380 g/mol. The molecule has 3 fully saturated rings. The van der Waals surface area contributed by atoms with Gasteiger partial charge in [0, 0.05) is 43.4 Å². The fourth-order valence-electron chi connectivity index (χ4n) is 4.82. The number of hydrogen-bond donors (Lipinski definition) is 2. The number of hydrogen-bond acceptors (Lipinski definition) is 5. The van der Waals surface area contributed by atoms with Crippen molar-refractivity contribution in [2.75, 3.05) is 44.7 Å². The number of nitrogens with zero attached hydrogens (tertiary/aromatic N) is 3. The van der Waals surface area contributed by atoms with Crippen molar-refractivity contribution in [3.05, 3.63) is 29.3 Å². The quantitative estimate of drug-likeness (QED) is 0.589. The molecule has 4 rings (SSSR count). The van der Waals surface area contributed by atoms with Crippen LogP contribution in [0.1, 0.15) is 19.3 Å². The molecule has 0 radical (unpaired) electrons. The normalized spacial score (nSPS) is 27.0. The first-order chi connectivity index (χ1) is 13.4. The molecule has 1 aromatic rings. The van der Waals surface area contributed by atoms with Gasteiger partial charge in [0.15, 0.2) is 0 Å². The van der Waals surface area contributed by atoms with E-state index >= 15 is 0 Å². The largest absolute Gasteiger partial charge is 0.368 e. The van der Waals surface area contributed by atoms with Gasteiger partial charge in [0.25, 0.3) is 0 Å². The molecule has 2 saturated heterocycles. The van der Waals surface area contributed by atoms with Crippen molar-refractivity contribution in [2.45, 2.75) is 25.3 Å². The maximum Gasteiger partial charge on any atom is 0.248 e. The van der Waals surface area contributed by atoms with Gasteiger partial charge in [0.05, 0.1) is 5.92 Å². The van der Waals surface area contributed by atoms with E-state index in [1.165, 1.54) is 0 Å². The number of rotatable bonds is 3. The van der Waals surface area contributed by atoms with Gasteiger partial charge in [-0.3, -0.25) is 19.7 Å². The SMILES string of the molecule is CN1CC2(CC2)C[C@H](C(=O)NO)[C@H]1C(=O)N1CCN(c2ccc(Cl)cc2)CC1. The first kappa shape index (κ1) is 19.5. The monoisotopic (exact) mass is 406 g/mol. The van der Waals surface area contributed by atoms with Gasteiger partial charge in [0.1, 0.15) is 6.04 Å². The lowest BCUT2D eigenvalue weighted by molar-refractivity contribution is -0.150. The Bertz CT molecular complexity index is 744. The number of benzene rings is 1. The number of likely N-dealkylation sites (N-methyl/N-ethyl adjacent to an activating group) is 1. The fraction of sp³-hybridized carbons (Fsp3) is 0.600. The van der Waals surface area contributed by atoms with Crippen molar-refractivity contribution in [1.82, 2.24) is 15.3 Å². The van der Waals surface area contributed by atoms with Crippen LogP contribution in [0.5, 0.6) is 0 Å². The van der Waals surface area contributed by atoms with Crippen molar-refractivity contribution in [3.63, 3.8) is 0 Å². The standard InChI is InChI=1S/C20H27ClN4O3/c1-23-13-20(6-7-20)12-16(18(26)22-28)17(23)19(27)25-10-8-24(9-11-25)15-4-2-14(21)3-5-15/h2-5,16-17,28H,6-13H2,1H3,(H,22,26)/t16-,17-/m0/s1. The van der Waals surface area contributed by atoms with Crippen LogP contribution in [0.15, 0.2) is 24.3 Å². The number of hydroxylamine groups is 1. The molecule has 7 nitrogen and oxygen atoms in total. The van der Waals surface area contributed by atoms with Crippen LogP contribution in [-0.4, -0.2) is 72.6 Å². The van der Waals surface area contributed by atoms with E-state index in [-0.39, 0.29) is 11.3 Å². The highest BCUT2D eigenvalue weighted by molar-refractivity contribution is 6.30. The number of piperidine rings is 1. The Hall–Kier alpha value is -1.83. The highest BCUT2D eigenvalue weighted by Gasteiger charge is 2.55. The summed E-state index contributed by atoms with van der Waals surface area (Å²) in [6.07, 6.45) is 2.85. The first-order valence-corrected chi connectivity index (χ1v) is 10.2. The first-order valence-electron chi connectivity index (χ1n) is 9.86. The predicted octanol–water partition coefficient (Wildman–Crippen LogP) is 1.59. The van der Waals surface area contributed by atoms with Crippen LogP contribution in [0.3, 0.4) is 0 Å². The molecule has 1 aromatic carbocycles. The van der Waals surface area contributed by atoms with Crippen LogP contribution < -0.4 is 10.4 Å². The molecule has 152 valence electrons. The second-order valence-corrected chi connectivity index (χ2v) is 8.87. The molecule has 8 heteroatoms. The second kappa shape index (κ2) is 7.54. The van der Waals surface area contributed by atoms with E-state index in [0.29, 0.717) is 24.5 Å². The van der Waals surface area contributed by atoms with E-state index in [1.807, 2.05) is 41.1 Å². The zero-order valence-corrected chi connectivity index (χ0v) is 16.9. The molecule has 2 atom stereocenters. The van der Waals surface area contributed by atoms with Crippen molar-refractivity contribution >= 4 is 29.1 Å². The number of anilines is 1. The Morgan fingerprint density at radius 3 is 2.36 bits per heavy atom. The lowest BCUT2D eigenvalue weighted by atomic mass is 9.80. The highest BCUT2D eigenvalue weighted by atomic mass is 35.5. The van der Waals surface area contributed by atoms with Crippen LogP contribution in [0.4, 0.5) is 5.69 Å². The van der Waals surface area contributed by atoms with Gasteiger partial charge in [-0.1, -0.05) is 11.6 Å². The van der Waals surface area contributed by atoms with Gasteiger partial charge < -0.3 is 9.80 Å². The molecule has 0 unspecified atom stereocenters. The smallest absolute Gasteiger partial charge is 0.248 e. The molecule has 2 aliphatic heterocycles. The minimum atomic E-state index is -0.513. The average Bonchev–Trinajstić information content (AvgIpc) is 3.45. The number of amides is 2. The fourth-order valence-corrected chi connectivity index (χ4v) is 4.95. The number of piperazine rings is 1. The summed E-state index contributed by atoms with van der Waals surface area (Å²) >= 11 is 5.96. The Morgan fingerprint density at radius 2 is 1.79 bits per heavy atom. The van der Waals surface area contributed by atoms with Crippen LogP contribution in [0.25, 0.3) is 0 Å². The van der Waals surface area contributed by atoms with Gasteiger partial charge in [0.2, 0.25) is 11.8 Å². The van der Waals surface area contributed by atoms with E-state index in [1.54, 1.807) is 5.48 Å². The Labute approximate surface area is 170 Å². The van der Waals surface area contributed by atoms with E-state index in [2.05, 4.69) is 4.90 Å². The third-order valence-electron chi connectivity index (χ3n) is 6.53. The van der Waals surface area contributed by atoms with E-state index in [0.717, 1.165) is 38.2 Å². The average molecular weight is 407 g/mol. The van der Waals surface area contributed by atoms with Crippen LogP contribution >= 0.6 is 11.6 Å². The second-order valence-electron chi connectivity index (χ2n) is 8.44. The zero-order valence-electron chi connectivity index (χ0n) is 16.1. The van der Waals surface area contributed by atoms with Crippen LogP contribution in [-0.2, 0) is 9.59 Å². The Balaban J connectivity index is 1.43. The summed E-state index contributed by atoms with van der Waals surface area (Å²) in [5, 5.41) is 9.90. The highest BCUT2D eigenvalue weighted by Crippen LogP contribution is 2.54. The molecule has 2 N–H and O–H groups in total. The number of likely N-dealkylation sites (tertiary alicyclic amines) is 1. The predicted molar refractivity (Wildman–Crippen MR) is 106 cm³/mol. The van der Waals surface area contributed by atoms with Gasteiger partial charge in [-0.05, 0) is 56.0 Å². The minimum Gasteiger partial charge on any atom is -0.368 e. The molecule has 2 heterocycles. The van der Waals surface area contributed by atoms with Crippen molar-refractivity contribution in [2.24, 2.45) is 11.3 Å². The van der Waals surface area contributed by atoms with Crippen molar-refractivity contribution in [3.8, 4) is 0 Å². The van der Waals surface area contributed by atoms with Gasteiger partial charge >= 0.3 is 0 Å². The summed E-state index contributed by atoms with van der Waals surface area (Å²) in [5.41, 5.74) is 3.03. The molecular formula is C20H27ClN4O3. The third-order valence-corrected chi connectivity index (χ3v) is 6.79. The summed E-state index contributed by atoms with van der Waals surface area (Å²) in [6, 6.07) is 7.21. The molecule has 1 aliphatic carbocycles. The van der Waals surface area contributed by atoms with Crippen LogP contribution in [0.2, 0.25) is 5.02 Å². The maximum atomic E-state index is 13.3.